The van der Waals surface area contributed by atoms with Crippen LogP contribution in [0.4, 0.5) is 5.69 Å². The molecule has 0 unspecified atom stereocenters. The fourth-order valence-electron chi connectivity index (χ4n) is 2.11. The number of aryl methyl sites for hydroxylation is 1. The second-order valence-electron chi connectivity index (χ2n) is 5.05. The molecule has 3 aromatic heterocycles. The lowest BCUT2D eigenvalue weighted by atomic mass is 10.3. The van der Waals surface area contributed by atoms with Crippen LogP contribution in [-0.2, 0) is 20.1 Å². The SMILES string of the molecule is Cn1nccc1CNC(=O)c1ccc(Cn2cc([N+](=O)[O-])cn2)o1. The predicted octanol–water partition coefficient (Wildman–Crippen LogP) is 1.10. The van der Waals surface area contributed by atoms with Crippen molar-refractivity contribution in [1.29, 1.82) is 0 Å². The minimum absolute atomic E-state index is 0.101. The van der Waals surface area contributed by atoms with Gasteiger partial charge in [0.2, 0.25) is 0 Å². The number of furan rings is 1. The Bertz CT molecular complexity index is 877. The molecule has 0 aliphatic heterocycles. The molecule has 10 heteroatoms. The van der Waals surface area contributed by atoms with Crippen LogP contribution in [0.3, 0.4) is 0 Å². The number of hydrogen-bond acceptors (Lipinski definition) is 6. The van der Waals surface area contributed by atoms with Crippen molar-refractivity contribution in [3.05, 3.63) is 64.1 Å². The van der Waals surface area contributed by atoms with Crippen LogP contribution in [0.2, 0.25) is 0 Å². The molecule has 0 saturated heterocycles. The lowest BCUT2D eigenvalue weighted by molar-refractivity contribution is -0.385. The zero-order valence-corrected chi connectivity index (χ0v) is 12.7. The van der Waals surface area contributed by atoms with Crippen LogP contribution < -0.4 is 5.32 Å². The number of aromatic nitrogens is 4. The van der Waals surface area contributed by atoms with Crippen LogP contribution in [0.1, 0.15) is 22.0 Å². The molecule has 3 heterocycles. The van der Waals surface area contributed by atoms with Gasteiger partial charge in [-0.15, -0.1) is 0 Å². The highest BCUT2D eigenvalue weighted by Crippen LogP contribution is 2.13. The van der Waals surface area contributed by atoms with Crippen molar-refractivity contribution in [3.63, 3.8) is 0 Å². The Morgan fingerprint density at radius 1 is 1.38 bits per heavy atom. The first-order chi connectivity index (χ1) is 11.5. The van der Waals surface area contributed by atoms with Crippen LogP contribution in [-0.4, -0.2) is 30.4 Å². The molecule has 1 N–H and O–H groups in total. The van der Waals surface area contributed by atoms with Crippen molar-refractivity contribution in [3.8, 4) is 0 Å². The van der Waals surface area contributed by atoms with E-state index >= 15 is 0 Å². The molecule has 0 aromatic carbocycles. The maximum Gasteiger partial charge on any atom is 0.307 e. The summed E-state index contributed by atoms with van der Waals surface area (Å²) in [6.45, 7) is 0.527. The van der Waals surface area contributed by atoms with Crippen molar-refractivity contribution in [2.45, 2.75) is 13.1 Å². The number of amides is 1. The van der Waals surface area contributed by atoms with E-state index in [0.717, 1.165) is 11.9 Å². The van der Waals surface area contributed by atoms with Gasteiger partial charge in [0.1, 0.15) is 18.2 Å². The van der Waals surface area contributed by atoms with Crippen molar-refractivity contribution >= 4 is 11.6 Å². The predicted molar refractivity (Wildman–Crippen MR) is 81.1 cm³/mol. The third kappa shape index (κ3) is 3.32. The van der Waals surface area contributed by atoms with Gasteiger partial charge >= 0.3 is 5.69 Å². The van der Waals surface area contributed by atoms with Gasteiger partial charge in [-0.2, -0.15) is 10.2 Å². The van der Waals surface area contributed by atoms with E-state index in [1.807, 2.05) is 0 Å². The minimum Gasteiger partial charge on any atom is -0.454 e. The smallest absolute Gasteiger partial charge is 0.307 e. The highest BCUT2D eigenvalue weighted by Gasteiger charge is 2.14. The number of nitro groups is 1. The summed E-state index contributed by atoms with van der Waals surface area (Å²) < 4.78 is 8.49. The lowest BCUT2D eigenvalue weighted by Crippen LogP contribution is -2.23. The van der Waals surface area contributed by atoms with Gasteiger partial charge in [0, 0.05) is 13.2 Å². The summed E-state index contributed by atoms with van der Waals surface area (Å²) in [4.78, 5) is 22.2. The number of hydrogen-bond donors (Lipinski definition) is 1. The molecule has 0 spiro atoms. The van der Waals surface area contributed by atoms with Gasteiger partial charge in [-0.1, -0.05) is 0 Å². The minimum atomic E-state index is -0.525. The number of carbonyl (C=O) groups excluding carboxylic acids is 1. The molecule has 3 aromatic rings. The summed E-state index contributed by atoms with van der Waals surface area (Å²) in [5.41, 5.74) is 0.759. The first-order valence-corrected chi connectivity index (χ1v) is 7.03. The summed E-state index contributed by atoms with van der Waals surface area (Å²) in [5.74, 6) is 0.279. The molecular weight excluding hydrogens is 316 g/mol. The molecule has 24 heavy (non-hydrogen) atoms. The largest absolute Gasteiger partial charge is 0.454 e. The molecule has 0 bridgehead atoms. The highest BCUT2D eigenvalue weighted by atomic mass is 16.6. The van der Waals surface area contributed by atoms with Crippen LogP contribution in [0.5, 0.6) is 0 Å². The van der Waals surface area contributed by atoms with E-state index in [4.69, 9.17) is 4.42 Å². The van der Waals surface area contributed by atoms with Gasteiger partial charge in [-0.3, -0.25) is 24.3 Å². The second-order valence-corrected chi connectivity index (χ2v) is 5.05. The Balaban J connectivity index is 1.60. The molecule has 0 aliphatic rings. The van der Waals surface area contributed by atoms with Crippen molar-refractivity contribution in [1.82, 2.24) is 24.9 Å². The summed E-state index contributed by atoms with van der Waals surface area (Å²) in [7, 11) is 1.79. The van der Waals surface area contributed by atoms with Gasteiger partial charge in [0.15, 0.2) is 5.76 Å². The molecule has 0 atom stereocenters. The number of nitrogens with one attached hydrogen (secondary N) is 1. The molecular formula is C14H14N6O4. The van der Waals surface area contributed by atoms with E-state index in [0.29, 0.717) is 12.3 Å². The maximum atomic E-state index is 12.1. The summed E-state index contributed by atoms with van der Waals surface area (Å²) >= 11 is 0. The van der Waals surface area contributed by atoms with E-state index in [1.54, 1.807) is 36.1 Å². The molecule has 3 rings (SSSR count). The summed E-state index contributed by atoms with van der Waals surface area (Å²) in [6.07, 6.45) is 4.10. The van der Waals surface area contributed by atoms with Crippen LogP contribution in [0, 0.1) is 10.1 Å². The lowest BCUT2D eigenvalue weighted by Gasteiger charge is -2.03. The standard InChI is InChI=1S/C14H14N6O4/c1-18-10(4-5-16-18)6-15-14(21)13-3-2-12(24-13)9-19-8-11(7-17-19)20(22)23/h2-5,7-8H,6,9H2,1H3,(H,15,21). The average molecular weight is 330 g/mol. The van der Waals surface area contributed by atoms with Crippen LogP contribution in [0.25, 0.3) is 0 Å². The van der Waals surface area contributed by atoms with E-state index in [9.17, 15) is 14.9 Å². The second kappa shape index (κ2) is 6.36. The fraction of sp³-hybridized carbons (Fsp3) is 0.214. The van der Waals surface area contributed by atoms with Gasteiger partial charge in [-0.25, -0.2) is 0 Å². The Morgan fingerprint density at radius 3 is 2.88 bits per heavy atom. The normalized spacial score (nSPS) is 10.7. The summed E-state index contributed by atoms with van der Waals surface area (Å²) in [5, 5.41) is 21.2. The fourth-order valence-corrected chi connectivity index (χ4v) is 2.11. The van der Waals surface area contributed by atoms with Crippen molar-refractivity contribution < 1.29 is 14.1 Å². The maximum absolute atomic E-state index is 12.1. The third-order valence-electron chi connectivity index (χ3n) is 3.39. The monoisotopic (exact) mass is 330 g/mol. The Morgan fingerprint density at radius 2 is 2.21 bits per heavy atom. The van der Waals surface area contributed by atoms with E-state index in [-0.39, 0.29) is 23.9 Å². The Hall–Kier alpha value is -3.43. The summed E-state index contributed by atoms with van der Waals surface area (Å²) in [6, 6.07) is 4.98. The zero-order valence-electron chi connectivity index (χ0n) is 12.7. The number of carbonyl (C=O) groups is 1. The van der Waals surface area contributed by atoms with Crippen molar-refractivity contribution in [2.75, 3.05) is 0 Å². The van der Waals surface area contributed by atoms with E-state index < -0.39 is 4.92 Å². The van der Waals surface area contributed by atoms with Gasteiger partial charge < -0.3 is 9.73 Å². The molecule has 10 nitrogen and oxygen atoms in total. The molecule has 124 valence electrons. The van der Waals surface area contributed by atoms with Crippen LogP contribution >= 0.6 is 0 Å². The molecule has 0 aliphatic carbocycles. The third-order valence-corrected chi connectivity index (χ3v) is 3.39. The topological polar surface area (TPSA) is 121 Å². The molecule has 0 fully saturated rings. The Labute approximate surface area is 135 Å². The van der Waals surface area contributed by atoms with Crippen molar-refractivity contribution in [2.24, 2.45) is 7.05 Å². The highest BCUT2D eigenvalue weighted by molar-refractivity contribution is 5.91. The zero-order chi connectivity index (χ0) is 17.1. The average Bonchev–Trinajstić information content (AvgIpc) is 3.27. The first kappa shape index (κ1) is 15.5. The Kier molecular flexibility index (Phi) is 4.10. The molecule has 1 amide bonds. The number of rotatable bonds is 6. The quantitative estimate of drug-likeness (QED) is 0.533. The molecule has 0 saturated carbocycles. The van der Waals surface area contributed by atoms with Gasteiger partial charge in [0.05, 0.1) is 23.7 Å². The number of nitrogens with zero attached hydrogens (tertiary/aromatic N) is 5. The van der Waals surface area contributed by atoms with E-state index in [1.165, 1.54) is 10.9 Å². The molecule has 0 radical (unpaired) electrons. The van der Waals surface area contributed by atoms with Gasteiger partial charge in [0.25, 0.3) is 5.91 Å². The van der Waals surface area contributed by atoms with Crippen LogP contribution in [0.15, 0.2) is 41.2 Å². The van der Waals surface area contributed by atoms with Gasteiger partial charge in [-0.05, 0) is 18.2 Å². The first-order valence-electron chi connectivity index (χ1n) is 7.03. The van der Waals surface area contributed by atoms with E-state index in [2.05, 4.69) is 15.5 Å².